The summed E-state index contributed by atoms with van der Waals surface area (Å²) in [6.45, 7) is -0.183. The molecule has 0 radical (unpaired) electrons. The van der Waals surface area contributed by atoms with Crippen LogP contribution in [0.1, 0.15) is 18.1 Å². The molecule has 3 nitrogen and oxygen atoms in total. The van der Waals surface area contributed by atoms with Crippen molar-refractivity contribution in [1.82, 2.24) is 0 Å². The van der Waals surface area contributed by atoms with Crippen LogP contribution in [0.15, 0.2) is 40.9 Å². The largest absolute Gasteiger partial charge is 0.504 e. The lowest BCUT2D eigenvalue weighted by molar-refractivity contribution is 0.147. The van der Waals surface area contributed by atoms with Gasteiger partial charge in [0.05, 0.1) is 4.47 Å². The molecule has 0 aliphatic rings. The zero-order chi connectivity index (χ0) is 15.4. The molecule has 0 spiro atoms. The summed E-state index contributed by atoms with van der Waals surface area (Å²) in [6.07, 6.45) is -0.559. The van der Waals surface area contributed by atoms with Gasteiger partial charge in [-0.2, -0.15) is 0 Å². The van der Waals surface area contributed by atoms with E-state index in [2.05, 4.69) is 15.9 Å². The van der Waals surface area contributed by atoms with Crippen LogP contribution in [0.5, 0.6) is 11.5 Å². The van der Waals surface area contributed by atoms with Crippen molar-refractivity contribution in [3.8, 4) is 11.5 Å². The smallest absolute Gasteiger partial charge is 0.176 e. The van der Waals surface area contributed by atoms with Gasteiger partial charge in [-0.1, -0.05) is 23.7 Å². The third-order valence-electron chi connectivity index (χ3n) is 2.91. The minimum atomic E-state index is -0.739. The first-order valence-corrected chi connectivity index (χ1v) is 7.40. The van der Waals surface area contributed by atoms with E-state index in [4.69, 9.17) is 21.4 Å². The lowest BCUT2D eigenvalue weighted by atomic mass is 10.1. The Kier molecular flexibility index (Phi) is 5.45. The minimum absolute atomic E-state index is 0.0679. The molecule has 2 N–H and O–H groups in total. The van der Waals surface area contributed by atoms with Crippen LogP contribution in [0.4, 0.5) is 4.39 Å². The van der Waals surface area contributed by atoms with Gasteiger partial charge in [-0.25, -0.2) is 4.39 Å². The Morgan fingerprint density at radius 2 is 2.05 bits per heavy atom. The van der Waals surface area contributed by atoms with Crippen molar-refractivity contribution in [3.63, 3.8) is 0 Å². The van der Waals surface area contributed by atoms with Crippen molar-refractivity contribution in [3.05, 3.63) is 57.3 Å². The Labute approximate surface area is 135 Å². The summed E-state index contributed by atoms with van der Waals surface area (Å²) in [6, 6.07) is 9.05. The molecule has 0 saturated heterocycles. The van der Waals surface area contributed by atoms with E-state index in [-0.39, 0.29) is 35.1 Å². The quantitative estimate of drug-likeness (QED) is 0.812. The number of rotatable bonds is 5. The number of benzene rings is 2. The van der Waals surface area contributed by atoms with Crippen molar-refractivity contribution in [2.24, 2.45) is 0 Å². The molecule has 2 rings (SSSR count). The normalized spacial score (nSPS) is 12.2. The molecule has 1 atom stereocenters. The molecule has 0 aliphatic carbocycles. The standard InChI is InChI=1S/C15H13BrClFO3/c16-11-2-1-3-13(20)15(11)21-14(6-7-19)10-5-4-9(17)8-12(10)18/h1-5,8,14,19-20H,6-7H2. The zero-order valence-corrected chi connectivity index (χ0v) is 13.2. The molecule has 0 aliphatic heterocycles. The second kappa shape index (κ2) is 7.11. The van der Waals surface area contributed by atoms with Crippen LogP contribution in [0.2, 0.25) is 5.02 Å². The van der Waals surface area contributed by atoms with E-state index < -0.39 is 11.9 Å². The second-order valence-electron chi connectivity index (χ2n) is 4.37. The number of halogens is 3. The Balaban J connectivity index is 2.35. The summed E-state index contributed by atoms with van der Waals surface area (Å²) < 4.78 is 20.2. The fraction of sp³-hybridized carbons (Fsp3) is 0.200. The molecule has 0 saturated carbocycles. The molecule has 2 aromatic carbocycles. The lowest BCUT2D eigenvalue weighted by Gasteiger charge is -2.21. The van der Waals surface area contributed by atoms with E-state index in [0.717, 1.165) is 0 Å². The molecule has 112 valence electrons. The monoisotopic (exact) mass is 374 g/mol. The van der Waals surface area contributed by atoms with Gasteiger partial charge >= 0.3 is 0 Å². The molecule has 0 heterocycles. The van der Waals surface area contributed by atoms with Gasteiger partial charge in [-0.15, -0.1) is 0 Å². The van der Waals surface area contributed by atoms with Gasteiger partial charge in [0, 0.05) is 23.6 Å². The average Bonchev–Trinajstić information content (AvgIpc) is 2.42. The van der Waals surface area contributed by atoms with Crippen molar-refractivity contribution in [2.75, 3.05) is 6.61 Å². The van der Waals surface area contributed by atoms with E-state index in [1.54, 1.807) is 18.2 Å². The van der Waals surface area contributed by atoms with Gasteiger partial charge in [-0.3, -0.25) is 0 Å². The molecule has 0 amide bonds. The van der Waals surface area contributed by atoms with Crippen molar-refractivity contribution in [2.45, 2.75) is 12.5 Å². The van der Waals surface area contributed by atoms with E-state index in [1.165, 1.54) is 18.2 Å². The van der Waals surface area contributed by atoms with Crippen LogP contribution in [-0.4, -0.2) is 16.8 Å². The van der Waals surface area contributed by atoms with Crippen LogP contribution in [0.25, 0.3) is 0 Å². The van der Waals surface area contributed by atoms with Gasteiger partial charge in [0.2, 0.25) is 0 Å². The third kappa shape index (κ3) is 3.87. The summed E-state index contributed by atoms with van der Waals surface area (Å²) in [7, 11) is 0. The van der Waals surface area contributed by atoms with Gasteiger partial charge < -0.3 is 14.9 Å². The first kappa shape index (κ1) is 16.1. The number of aromatic hydroxyl groups is 1. The summed E-state index contributed by atoms with van der Waals surface area (Å²) in [5.74, 6) is -0.389. The first-order valence-electron chi connectivity index (χ1n) is 6.23. The van der Waals surface area contributed by atoms with E-state index in [1.807, 2.05) is 0 Å². The second-order valence-corrected chi connectivity index (χ2v) is 5.66. The highest BCUT2D eigenvalue weighted by Gasteiger charge is 2.20. The Morgan fingerprint density at radius 1 is 1.29 bits per heavy atom. The zero-order valence-electron chi connectivity index (χ0n) is 10.9. The number of ether oxygens (including phenoxy) is 1. The number of hydrogen-bond donors (Lipinski definition) is 2. The fourth-order valence-corrected chi connectivity index (χ4v) is 2.52. The summed E-state index contributed by atoms with van der Waals surface area (Å²) in [5, 5.41) is 19.3. The molecule has 0 fully saturated rings. The number of aliphatic hydroxyl groups excluding tert-OH is 1. The van der Waals surface area contributed by atoms with Gasteiger partial charge in [-0.05, 0) is 40.2 Å². The number of phenolic OH excluding ortho intramolecular Hbond substituents is 1. The summed E-state index contributed by atoms with van der Waals surface area (Å²) in [5.41, 5.74) is 0.267. The molecule has 0 bridgehead atoms. The molecule has 21 heavy (non-hydrogen) atoms. The first-order chi connectivity index (χ1) is 10.0. The molecule has 2 aromatic rings. The number of phenols is 1. The average molecular weight is 376 g/mol. The van der Waals surface area contributed by atoms with Crippen LogP contribution in [0, 0.1) is 5.82 Å². The topological polar surface area (TPSA) is 49.7 Å². The van der Waals surface area contributed by atoms with Crippen LogP contribution in [0.3, 0.4) is 0 Å². The number of hydrogen-bond acceptors (Lipinski definition) is 3. The van der Waals surface area contributed by atoms with Crippen LogP contribution < -0.4 is 4.74 Å². The highest BCUT2D eigenvalue weighted by atomic mass is 79.9. The molecular weight excluding hydrogens is 363 g/mol. The van der Waals surface area contributed by atoms with E-state index in [9.17, 15) is 9.50 Å². The maximum Gasteiger partial charge on any atom is 0.176 e. The number of aliphatic hydroxyl groups is 1. The van der Waals surface area contributed by atoms with Gasteiger partial charge in [0.25, 0.3) is 0 Å². The van der Waals surface area contributed by atoms with Crippen LogP contribution in [-0.2, 0) is 0 Å². The molecule has 0 aromatic heterocycles. The van der Waals surface area contributed by atoms with Crippen LogP contribution >= 0.6 is 27.5 Å². The Hall–Kier alpha value is -1.30. The summed E-state index contributed by atoms with van der Waals surface area (Å²) >= 11 is 9.00. The molecule has 1 unspecified atom stereocenters. The Morgan fingerprint density at radius 3 is 2.67 bits per heavy atom. The molecule has 6 heteroatoms. The van der Waals surface area contributed by atoms with Crippen molar-refractivity contribution >= 4 is 27.5 Å². The predicted octanol–water partition coefficient (Wildman–Crippen LogP) is 4.45. The molecular formula is C15H13BrClFO3. The maximum atomic E-state index is 14.0. The maximum absolute atomic E-state index is 14.0. The predicted molar refractivity (Wildman–Crippen MR) is 82.3 cm³/mol. The van der Waals surface area contributed by atoms with E-state index in [0.29, 0.717) is 4.47 Å². The van der Waals surface area contributed by atoms with Gasteiger partial charge in [0.1, 0.15) is 11.9 Å². The lowest BCUT2D eigenvalue weighted by Crippen LogP contribution is -2.12. The van der Waals surface area contributed by atoms with Crippen molar-refractivity contribution < 1.29 is 19.3 Å². The SMILES string of the molecule is OCCC(Oc1c(O)cccc1Br)c1ccc(Cl)cc1F. The highest BCUT2D eigenvalue weighted by molar-refractivity contribution is 9.10. The van der Waals surface area contributed by atoms with E-state index >= 15 is 0 Å². The van der Waals surface area contributed by atoms with Crippen molar-refractivity contribution in [1.29, 1.82) is 0 Å². The Bertz CT molecular complexity index is 616. The van der Waals surface area contributed by atoms with Gasteiger partial charge in [0.15, 0.2) is 11.5 Å². The fourth-order valence-electron chi connectivity index (χ4n) is 1.91. The number of para-hydroxylation sites is 1. The summed E-state index contributed by atoms with van der Waals surface area (Å²) in [4.78, 5) is 0. The minimum Gasteiger partial charge on any atom is -0.504 e. The third-order valence-corrected chi connectivity index (χ3v) is 3.77. The highest BCUT2D eigenvalue weighted by Crippen LogP contribution is 2.38.